The highest BCUT2D eigenvalue weighted by Crippen LogP contribution is 2.38. The Morgan fingerprint density at radius 1 is 1.24 bits per heavy atom. The molecule has 2 unspecified atom stereocenters. The zero-order chi connectivity index (χ0) is 11.8. The third-order valence-corrected chi connectivity index (χ3v) is 4.61. The van der Waals surface area contributed by atoms with Gasteiger partial charge in [-0.15, -0.1) is 0 Å². The predicted octanol–water partition coefficient (Wildman–Crippen LogP) is 3.15. The van der Waals surface area contributed by atoms with Crippen LogP contribution in [0.1, 0.15) is 24.8 Å². The summed E-state index contributed by atoms with van der Waals surface area (Å²) >= 11 is 5.94. The van der Waals surface area contributed by atoms with E-state index in [-0.39, 0.29) is 0 Å². The van der Waals surface area contributed by atoms with Crippen LogP contribution in [-0.2, 0) is 6.54 Å². The van der Waals surface area contributed by atoms with Crippen molar-refractivity contribution in [3.8, 4) is 0 Å². The fourth-order valence-corrected chi connectivity index (χ4v) is 3.53. The van der Waals surface area contributed by atoms with Crippen molar-refractivity contribution in [2.75, 3.05) is 18.8 Å². The topological polar surface area (TPSA) is 29.3 Å². The molecule has 0 amide bonds. The van der Waals surface area contributed by atoms with Crippen molar-refractivity contribution in [1.29, 1.82) is 0 Å². The van der Waals surface area contributed by atoms with Crippen LogP contribution in [0.5, 0.6) is 0 Å². The molecule has 0 aromatic heterocycles. The first kappa shape index (κ1) is 11.4. The van der Waals surface area contributed by atoms with Crippen molar-refractivity contribution in [1.82, 2.24) is 4.90 Å². The van der Waals surface area contributed by atoms with Gasteiger partial charge in [-0.25, -0.2) is 0 Å². The van der Waals surface area contributed by atoms with Crippen LogP contribution >= 0.6 is 11.6 Å². The fourth-order valence-electron chi connectivity index (χ4n) is 3.41. The van der Waals surface area contributed by atoms with Crippen LogP contribution in [0.15, 0.2) is 18.2 Å². The largest absolute Gasteiger partial charge is 0.398 e. The number of benzene rings is 1. The van der Waals surface area contributed by atoms with Crippen molar-refractivity contribution in [2.45, 2.75) is 25.8 Å². The third kappa shape index (κ3) is 2.29. The number of hydrogen-bond acceptors (Lipinski definition) is 2. The second kappa shape index (κ2) is 4.51. The lowest BCUT2D eigenvalue weighted by Crippen LogP contribution is -2.21. The van der Waals surface area contributed by atoms with E-state index in [0.717, 1.165) is 18.4 Å². The van der Waals surface area contributed by atoms with Gasteiger partial charge in [-0.3, -0.25) is 4.90 Å². The van der Waals surface area contributed by atoms with Crippen LogP contribution in [0, 0.1) is 11.8 Å². The molecule has 1 aliphatic heterocycles. The zero-order valence-corrected chi connectivity index (χ0v) is 10.8. The van der Waals surface area contributed by atoms with Gasteiger partial charge < -0.3 is 5.73 Å². The average Bonchev–Trinajstić information content (AvgIpc) is 2.84. The van der Waals surface area contributed by atoms with E-state index in [9.17, 15) is 0 Å². The van der Waals surface area contributed by atoms with E-state index in [1.54, 1.807) is 0 Å². The number of nitrogens with zero attached hydrogens (tertiary/aromatic N) is 1. The monoisotopic (exact) mass is 250 g/mol. The first-order valence-electron chi connectivity index (χ1n) is 6.48. The van der Waals surface area contributed by atoms with Gasteiger partial charge in [-0.1, -0.05) is 24.1 Å². The molecule has 1 saturated carbocycles. The van der Waals surface area contributed by atoms with Crippen LogP contribution in [-0.4, -0.2) is 18.0 Å². The predicted molar refractivity (Wildman–Crippen MR) is 72.0 cm³/mol. The first-order chi connectivity index (χ1) is 8.22. The van der Waals surface area contributed by atoms with Crippen LogP contribution < -0.4 is 5.73 Å². The zero-order valence-electron chi connectivity index (χ0n) is 10.0. The molecule has 3 heteroatoms. The number of anilines is 1. The van der Waals surface area contributed by atoms with Crippen molar-refractivity contribution in [3.05, 3.63) is 28.8 Å². The SMILES string of the molecule is Nc1cc(CN2CC3CCCC3C2)ccc1Cl. The lowest BCUT2D eigenvalue weighted by molar-refractivity contribution is 0.303. The van der Waals surface area contributed by atoms with Gasteiger partial charge in [0.1, 0.15) is 0 Å². The lowest BCUT2D eigenvalue weighted by Gasteiger charge is -2.17. The van der Waals surface area contributed by atoms with Crippen LogP contribution in [0.4, 0.5) is 5.69 Å². The van der Waals surface area contributed by atoms with E-state index in [2.05, 4.69) is 11.0 Å². The van der Waals surface area contributed by atoms with Crippen LogP contribution in [0.25, 0.3) is 0 Å². The summed E-state index contributed by atoms with van der Waals surface area (Å²) in [4.78, 5) is 2.57. The minimum Gasteiger partial charge on any atom is -0.398 e. The number of rotatable bonds is 2. The number of nitrogens with two attached hydrogens (primary N) is 1. The molecule has 0 bridgehead atoms. The van der Waals surface area contributed by atoms with E-state index in [0.29, 0.717) is 10.7 Å². The molecule has 1 aromatic carbocycles. The number of likely N-dealkylation sites (tertiary alicyclic amines) is 1. The molecule has 17 heavy (non-hydrogen) atoms. The Kier molecular flexibility index (Phi) is 3.01. The summed E-state index contributed by atoms with van der Waals surface area (Å²) in [7, 11) is 0. The minimum absolute atomic E-state index is 0.659. The second-order valence-corrected chi connectivity index (χ2v) is 5.91. The van der Waals surface area contributed by atoms with Crippen molar-refractivity contribution in [3.63, 3.8) is 0 Å². The Labute approximate surface area is 108 Å². The molecule has 1 saturated heterocycles. The molecule has 92 valence electrons. The molecule has 1 aromatic rings. The maximum Gasteiger partial charge on any atom is 0.0635 e. The van der Waals surface area contributed by atoms with Gasteiger partial charge in [0.05, 0.1) is 10.7 Å². The third-order valence-electron chi connectivity index (χ3n) is 4.27. The highest BCUT2D eigenvalue weighted by molar-refractivity contribution is 6.33. The molecule has 3 rings (SSSR count). The molecule has 2 fully saturated rings. The standard InChI is InChI=1S/C14H19ClN2/c15-13-5-4-10(6-14(13)16)7-17-8-11-2-1-3-12(11)9-17/h4-6,11-12H,1-3,7-9,16H2. The summed E-state index contributed by atoms with van der Waals surface area (Å²) in [5.41, 5.74) is 7.82. The first-order valence-corrected chi connectivity index (χ1v) is 6.86. The Bertz CT molecular complexity index is 407. The molecule has 1 heterocycles. The molecule has 1 aliphatic carbocycles. The fraction of sp³-hybridized carbons (Fsp3) is 0.571. The van der Waals surface area contributed by atoms with Gasteiger partial charge in [0.2, 0.25) is 0 Å². The molecule has 0 spiro atoms. The van der Waals surface area contributed by atoms with Gasteiger partial charge in [-0.05, 0) is 42.4 Å². The Hall–Kier alpha value is -0.730. The maximum atomic E-state index is 5.94. The summed E-state index contributed by atoms with van der Waals surface area (Å²) in [5.74, 6) is 1.92. The lowest BCUT2D eigenvalue weighted by atomic mass is 10.0. The van der Waals surface area contributed by atoms with Gasteiger partial charge >= 0.3 is 0 Å². The molecular weight excluding hydrogens is 232 g/mol. The van der Waals surface area contributed by atoms with Gasteiger partial charge in [-0.2, -0.15) is 0 Å². The van der Waals surface area contributed by atoms with Crippen LogP contribution in [0.2, 0.25) is 5.02 Å². The smallest absolute Gasteiger partial charge is 0.0635 e. The van der Waals surface area contributed by atoms with Crippen molar-refractivity contribution >= 4 is 17.3 Å². The highest BCUT2D eigenvalue weighted by Gasteiger charge is 2.35. The molecule has 2 N–H and O–H groups in total. The quantitative estimate of drug-likeness (QED) is 0.817. The van der Waals surface area contributed by atoms with Gasteiger partial charge in [0.15, 0.2) is 0 Å². The number of fused-ring (bicyclic) bond motifs is 1. The van der Waals surface area contributed by atoms with E-state index in [1.165, 1.54) is 37.9 Å². The van der Waals surface area contributed by atoms with E-state index >= 15 is 0 Å². The molecule has 2 nitrogen and oxygen atoms in total. The van der Waals surface area contributed by atoms with E-state index in [4.69, 9.17) is 17.3 Å². The summed E-state index contributed by atoms with van der Waals surface area (Å²) in [6.45, 7) is 3.56. The summed E-state index contributed by atoms with van der Waals surface area (Å²) in [5, 5.41) is 0.659. The Balaban J connectivity index is 1.65. The average molecular weight is 251 g/mol. The van der Waals surface area contributed by atoms with Crippen molar-refractivity contribution < 1.29 is 0 Å². The van der Waals surface area contributed by atoms with Gasteiger partial charge in [0, 0.05) is 19.6 Å². The normalized spacial score (nSPS) is 28.5. The molecule has 0 radical (unpaired) electrons. The summed E-state index contributed by atoms with van der Waals surface area (Å²) in [6.07, 6.45) is 4.31. The maximum absolute atomic E-state index is 5.94. The molecule has 2 aliphatic rings. The number of nitrogen functional groups attached to an aromatic ring is 1. The van der Waals surface area contributed by atoms with Crippen LogP contribution in [0.3, 0.4) is 0 Å². The van der Waals surface area contributed by atoms with Crippen molar-refractivity contribution in [2.24, 2.45) is 11.8 Å². The molecule has 2 atom stereocenters. The van der Waals surface area contributed by atoms with E-state index in [1.807, 2.05) is 12.1 Å². The Morgan fingerprint density at radius 3 is 2.59 bits per heavy atom. The minimum atomic E-state index is 0.659. The van der Waals surface area contributed by atoms with E-state index < -0.39 is 0 Å². The second-order valence-electron chi connectivity index (χ2n) is 5.50. The number of halogens is 1. The summed E-state index contributed by atoms with van der Waals surface area (Å²) in [6, 6.07) is 6.01. The molecular formula is C14H19ClN2. The highest BCUT2D eigenvalue weighted by atomic mass is 35.5. The van der Waals surface area contributed by atoms with Gasteiger partial charge in [0.25, 0.3) is 0 Å². The summed E-state index contributed by atoms with van der Waals surface area (Å²) < 4.78 is 0. The number of hydrogen-bond donors (Lipinski definition) is 1. The Morgan fingerprint density at radius 2 is 1.94 bits per heavy atom.